The number of carbonyl (C=O) groups is 1. The number of amides is 1. The number of fused-ring (bicyclic) bond motifs is 1. The largest absolute Gasteiger partial charge is 0.485 e. The SMILES string of the molecule is CC/C(=N/NC(=O)[C@H]1COc2ccccc2O1)c1ccc(Br)cc1. The zero-order valence-corrected chi connectivity index (χ0v) is 14.7. The summed E-state index contributed by atoms with van der Waals surface area (Å²) in [5.74, 6) is 0.887. The highest BCUT2D eigenvalue weighted by Gasteiger charge is 2.27. The number of hydrazone groups is 1. The van der Waals surface area contributed by atoms with Gasteiger partial charge in [-0.1, -0.05) is 47.1 Å². The Morgan fingerprint density at radius 3 is 2.62 bits per heavy atom. The van der Waals surface area contributed by atoms with Gasteiger partial charge in [-0.05, 0) is 36.2 Å². The van der Waals surface area contributed by atoms with Crippen LogP contribution in [-0.4, -0.2) is 24.3 Å². The lowest BCUT2D eigenvalue weighted by atomic mass is 10.1. The van der Waals surface area contributed by atoms with E-state index >= 15 is 0 Å². The third kappa shape index (κ3) is 3.76. The molecule has 0 fully saturated rings. The predicted molar refractivity (Wildman–Crippen MR) is 95.5 cm³/mol. The number of benzene rings is 2. The van der Waals surface area contributed by atoms with E-state index in [0.717, 1.165) is 15.7 Å². The molecule has 2 aromatic carbocycles. The van der Waals surface area contributed by atoms with Crippen LogP contribution in [0.4, 0.5) is 0 Å². The third-order valence-corrected chi connectivity index (χ3v) is 4.14. The van der Waals surface area contributed by atoms with E-state index in [4.69, 9.17) is 9.47 Å². The summed E-state index contributed by atoms with van der Waals surface area (Å²) in [6.07, 6.45) is -0.0149. The number of rotatable bonds is 4. The van der Waals surface area contributed by atoms with Crippen LogP contribution < -0.4 is 14.9 Å². The van der Waals surface area contributed by atoms with Crippen molar-refractivity contribution in [2.45, 2.75) is 19.4 Å². The Hall–Kier alpha value is -2.34. The summed E-state index contributed by atoms with van der Waals surface area (Å²) in [4.78, 5) is 12.3. The van der Waals surface area contributed by atoms with Gasteiger partial charge < -0.3 is 9.47 Å². The maximum atomic E-state index is 12.3. The molecule has 1 aliphatic heterocycles. The number of para-hydroxylation sites is 2. The molecule has 24 heavy (non-hydrogen) atoms. The maximum absolute atomic E-state index is 12.3. The fourth-order valence-corrected chi connectivity index (χ4v) is 2.60. The fraction of sp³-hybridized carbons (Fsp3) is 0.222. The molecule has 0 aliphatic carbocycles. The monoisotopic (exact) mass is 388 g/mol. The van der Waals surface area contributed by atoms with Crippen LogP contribution in [0, 0.1) is 0 Å². The molecule has 3 rings (SSSR count). The highest BCUT2D eigenvalue weighted by atomic mass is 79.9. The van der Waals surface area contributed by atoms with Gasteiger partial charge in [-0.2, -0.15) is 5.10 Å². The Kier molecular flexibility index (Phi) is 5.15. The smallest absolute Gasteiger partial charge is 0.284 e. The first-order chi connectivity index (χ1) is 11.7. The minimum Gasteiger partial charge on any atom is -0.485 e. The molecule has 1 heterocycles. The molecule has 5 nitrogen and oxygen atoms in total. The number of halogens is 1. The van der Waals surface area contributed by atoms with Crippen LogP contribution in [0.1, 0.15) is 18.9 Å². The quantitative estimate of drug-likeness (QED) is 0.643. The molecule has 0 aromatic heterocycles. The minimum atomic E-state index is -0.716. The van der Waals surface area contributed by atoms with Gasteiger partial charge in [0.05, 0.1) is 5.71 Å². The van der Waals surface area contributed by atoms with Crippen LogP contribution in [0.15, 0.2) is 58.1 Å². The summed E-state index contributed by atoms with van der Waals surface area (Å²) in [5.41, 5.74) is 4.34. The van der Waals surface area contributed by atoms with Gasteiger partial charge in [0, 0.05) is 4.47 Å². The topological polar surface area (TPSA) is 59.9 Å². The highest BCUT2D eigenvalue weighted by Crippen LogP contribution is 2.30. The molecule has 0 unspecified atom stereocenters. The summed E-state index contributed by atoms with van der Waals surface area (Å²) in [7, 11) is 0. The van der Waals surface area contributed by atoms with Crippen molar-refractivity contribution in [1.82, 2.24) is 5.43 Å². The van der Waals surface area contributed by atoms with Crippen molar-refractivity contribution in [2.75, 3.05) is 6.61 Å². The second kappa shape index (κ2) is 7.49. The summed E-state index contributed by atoms with van der Waals surface area (Å²) in [5, 5.41) is 4.24. The average Bonchev–Trinajstić information content (AvgIpc) is 2.63. The molecule has 6 heteroatoms. The molecule has 0 saturated carbocycles. The third-order valence-electron chi connectivity index (χ3n) is 3.61. The fourth-order valence-electron chi connectivity index (χ4n) is 2.33. The van der Waals surface area contributed by atoms with Gasteiger partial charge in [0.15, 0.2) is 11.5 Å². The molecule has 0 radical (unpaired) electrons. The normalized spacial score (nSPS) is 16.6. The van der Waals surface area contributed by atoms with Crippen molar-refractivity contribution in [1.29, 1.82) is 0 Å². The number of ether oxygens (including phenoxy) is 2. The van der Waals surface area contributed by atoms with Gasteiger partial charge in [0.1, 0.15) is 6.61 Å². The van der Waals surface area contributed by atoms with E-state index in [-0.39, 0.29) is 12.5 Å². The molecule has 1 aliphatic rings. The highest BCUT2D eigenvalue weighted by molar-refractivity contribution is 9.10. The first-order valence-electron chi connectivity index (χ1n) is 7.68. The molecule has 1 amide bonds. The molecule has 124 valence electrons. The van der Waals surface area contributed by atoms with E-state index in [1.807, 2.05) is 49.4 Å². The molecule has 2 aromatic rings. The van der Waals surface area contributed by atoms with E-state index in [9.17, 15) is 4.79 Å². The number of carbonyl (C=O) groups excluding carboxylic acids is 1. The minimum absolute atomic E-state index is 0.165. The predicted octanol–water partition coefficient (Wildman–Crippen LogP) is 3.52. The zero-order chi connectivity index (χ0) is 16.9. The first-order valence-corrected chi connectivity index (χ1v) is 8.47. The lowest BCUT2D eigenvalue weighted by Crippen LogP contribution is -2.42. The second-order valence-corrected chi connectivity index (χ2v) is 6.17. The molecule has 0 saturated heterocycles. The Bertz CT molecular complexity index is 759. The van der Waals surface area contributed by atoms with Crippen LogP contribution in [-0.2, 0) is 4.79 Å². The van der Waals surface area contributed by atoms with Gasteiger partial charge in [0.2, 0.25) is 6.10 Å². The van der Waals surface area contributed by atoms with Crippen molar-refractivity contribution < 1.29 is 14.3 Å². The van der Waals surface area contributed by atoms with Crippen LogP contribution in [0.5, 0.6) is 11.5 Å². The van der Waals surface area contributed by atoms with Crippen molar-refractivity contribution in [3.05, 3.63) is 58.6 Å². The molecule has 1 N–H and O–H groups in total. The Morgan fingerprint density at radius 2 is 1.92 bits per heavy atom. The van der Waals surface area contributed by atoms with Gasteiger partial charge >= 0.3 is 0 Å². The second-order valence-electron chi connectivity index (χ2n) is 5.26. The van der Waals surface area contributed by atoms with E-state index in [0.29, 0.717) is 17.9 Å². The van der Waals surface area contributed by atoms with Gasteiger partial charge in [-0.3, -0.25) is 4.79 Å². The first kappa shape index (κ1) is 16.5. The van der Waals surface area contributed by atoms with Gasteiger partial charge in [0.25, 0.3) is 5.91 Å². The van der Waals surface area contributed by atoms with Gasteiger partial charge in [-0.25, -0.2) is 5.43 Å². The standard InChI is InChI=1S/C18H17BrN2O3/c1-2-14(12-7-9-13(19)10-8-12)20-21-18(22)17-11-23-15-5-3-4-6-16(15)24-17/h3-10,17H,2,11H2,1H3,(H,21,22)/b20-14-/t17-/m1/s1. The van der Waals surface area contributed by atoms with Crippen LogP contribution >= 0.6 is 15.9 Å². The number of hydrogen-bond acceptors (Lipinski definition) is 4. The molecular weight excluding hydrogens is 372 g/mol. The average molecular weight is 389 g/mol. The Labute approximate surface area is 148 Å². The lowest BCUT2D eigenvalue weighted by Gasteiger charge is -2.24. The maximum Gasteiger partial charge on any atom is 0.284 e. The van der Waals surface area contributed by atoms with E-state index in [1.165, 1.54) is 0 Å². The Morgan fingerprint density at radius 1 is 1.21 bits per heavy atom. The van der Waals surface area contributed by atoms with Crippen molar-refractivity contribution in [3.8, 4) is 11.5 Å². The van der Waals surface area contributed by atoms with Crippen LogP contribution in [0.2, 0.25) is 0 Å². The Balaban J connectivity index is 1.67. The molecule has 0 spiro atoms. The molecule has 1 atom stereocenters. The molecule has 0 bridgehead atoms. The van der Waals surface area contributed by atoms with E-state index in [2.05, 4.69) is 26.5 Å². The number of hydrogen-bond donors (Lipinski definition) is 1. The summed E-state index contributed by atoms with van der Waals surface area (Å²) in [6.45, 7) is 2.15. The lowest BCUT2D eigenvalue weighted by molar-refractivity contribution is -0.130. The number of nitrogens with one attached hydrogen (secondary N) is 1. The van der Waals surface area contributed by atoms with Gasteiger partial charge in [-0.15, -0.1) is 0 Å². The van der Waals surface area contributed by atoms with Crippen molar-refractivity contribution in [2.24, 2.45) is 5.10 Å². The summed E-state index contributed by atoms with van der Waals surface area (Å²) in [6, 6.07) is 15.1. The number of nitrogens with zero attached hydrogens (tertiary/aromatic N) is 1. The zero-order valence-electron chi connectivity index (χ0n) is 13.2. The van der Waals surface area contributed by atoms with Crippen LogP contribution in [0.3, 0.4) is 0 Å². The molecular formula is C18H17BrN2O3. The van der Waals surface area contributed by atoms with E-state index < -0.39 is 6.10 Å². The van der Waals surface area contributed by atoms with Crippen molar-refractivity contribution in [3.63, 3.8) is 0 Å². The van der Waals surface area contributed by atoms with E-state index in [1.54, 1.807) is 6.07 Å². The van der Waals surface area contributed by atoms with Crippen molar-refractivity contribution >= 4 is 27.5 Å². The summed E-state index contributed by atoms with van der Waals surface area (Å²) < 4.78 is 12.2. The summed E-state index contributed by atoms with van der Waals surface area (Å²) >= 11 is 3.40. The van der Waals surface area contributed by atoms with Crippen LogP contribution in [0.25, 0.3) is 0 Å².